The standard InChI is InChI=1S/C12H19N3/c1-10(13)11-4-7-15(8-5-11)12-3-2-6-14-9-12/h2-3,6,9-11H,4-5,7-8,13H2,1H3. The first-order valence-electron chi connectivity index (χ1n) is 5.68. The predicted molar refractivity (Wildman–Crippen MR) is 62.8 cm³/mol. The Hall–Kier alpha value is -1.09. The van der Waals surface area contributed by atoms with E-state index >= 15 is 0 Å². The van der Waals surface area contributed by atoms with Crippen LogP contribution in [0, 0.1) is 5.92 Å². The maximum atomic E-state index is 5.92. The molecule has 1 unspecified atom stereocenters. The fourth-order valence-corrected chi connectivity index (χ4v) is 2.22. The molecule has 3 heteroatoms. The summed E-state index contributed by atoms with van der Waals surface area (Å²) in [6.07, 6.45) is 6.16. The summed E-state index contributed by atoms with van der Waals surface area (Å²) in [7, 11) is 0. The Morgan fingerprint density at radius 2 is 2.20 bits per heavy atom. The van der Waals surface area contributed by atoms with E-state index in [2.05, 4.69) is 22.9 Å². The molecule has 82 valence electrons. The van der Waals surface area contributed by atoms with Crippen LogP contribution in [0.3, 0.4) is 0 Å². The molecule has 2 rings (SSSR count). The summed E-state index contributed by atoms with van der Waals surface area (Å²) in [5, 5.41) is 0. The lowest BCUT2D eigenvalue weighted by Crippen LogP contribution is -2.39. The molecule has 1 atom stereocenters. The van der Waals surface area contributed by atoms with Crippen molar-refractivity contribution in [1.29, 1.82) is 0 Å². The van der Waals surface area contributed by atoms with Crippen molar-refractivity contribution in [3.05, 3.63) is 24.5 Å². The lowest BCUT2D eigenvalue weighted by Gasteiger charge is -2.34. The van der Waals surface area contributed by atoms with Gasteiger partial charge in [0.1, 0.15) is 0 Å². The van der Waals surface area contributed by atoms with Gasteiger partial charge >= 0.3 is 0 Å². The Bertz CT molecular complexity index is 289. The first-order chi connectivity index (χ1) is 7.27. The summed E-state index contributed by atoms with van der Waals surface area (Å²) >= 11 is 0. The Morgan fingerprint density at radius 1 is 1.47 bits per heavy atom. The van der Waals surface area contributed by atoms with E-state index in [0.29, 0.717) is 12.0 Å². The number of aromatic nitrogens is 1. The number of pyridine rings is 1. The molecule has 3 nitrogen and oxygen atoms in total. The first kappa shape index (κ1) is 10.4. The highest BCUT2D eigenvalue weighted by Crippen LogP contribution is 2.23. The lowest BCUT2D eigenvalue weighted by atomic mass is 9.91. The van der Waals surface area contributed by atoms with E-state index in [1.54, 1.807) is 0 Å². The Balaban J connectivity index is 1.94. The molecule has 0 aliphatic carbocycles. The summed E-state index contributed by atoms with van der Waals surface area (Å²) in [6.45, 7) is 4.33. The van der Waals surface area contributed by atoms with Gasteiger partial charge in [-0.25, -0.2) is 0 Å². The molecule has 0 aromatic carbocycles. The summed E-state index contributed by atoms with van der Waals surface area (Å²) in [4.78, 5) is 6.54. The molecule has 1 aliphatic heterocycles. The van der Waals surface area contributed by atoms with Gasteiger partial charge in [-0.1, -0.05) is 0 Å². The SMILES string of the molecule is CC(N)C1CCN(c2cccnc2)CC1. The summed E-state index contributed by atoms with van der Waals surface area (Å²) in [5.41, 5.74) is 7.16. The molecular formula is C12H19N3. The van der Waals surface area contributed by atoms with Crippen molar-refractivity contribution >= 4 is 5.69 Å². The molecule has 0 saturated carbocycles. The van der Waals surface area contributed by atoms with Crippen LogP contribution in [0.1, 0.15) is 19.8 Å². The monoisotopic (exact) mass is 205 g/mol. The van der Waals surface area contributed by atoms with Crippen LogP contribution < -0.4 is 10.6 Å². The molecule has 1 aromatic rings. The molecule has 0 amide bonds. The van der Waals surface area contributed by atoms with Crippen LogP contribution in [-0.4, -0.2) is 24.1 Å². The number of hydrogen-bond acceptors (Lipinski definition) is 3. The maximum absolute atomic E-state index is 5.92. The zero-order chi connectivity index (χ0) is 10.7. The fraction of sp³-hybridized carbons (Fsp3) is 0.583. The van der Waals surface area contributed by atoms with E-state index < -0.39 is 0 Å². The molecule has 0 bridgehead atoms. The van der Waals surface area contributed by atoms with Gasteiger partial charge in [-0.05, 0) is 37.8 Å². The number of anilines is 1. The van der Waals surface area contributed by atoms with Crippen molar-refractivity contribution in [3.8, 4) is 0 Å². The zero-order valence-electron chi connectivity index (χ0n) is 9.26. The highest BCUT2D eigenvalue weighted by Gasteiger charge is 2.21. The molecular weight excluding hydrogens is 186 g/mol. The molecule has 1 aromatic heterocycles. The van der Waals surface area contributed by atoms with Crippen molar-refractivity contribution in [1.82, 2.24) is 4.98 Å². The number of nitrogens with two attached hydrogens (primary N) is 1. The van der Waals surface area contributed by atoms with Crippen LogP contribution >= 0.6 is 0 Å². The van der Waals surface area contributed by atoms with E-state index in [9.17, 15) is 0 Å². The summed E-state index contributed by atoms with van der Waals surface area (Å²) < 4.78 is 0. The van der Waals surface area contributed by atoms with E-state index in [-0.39, 0.29) is 0 Å². The minimum absolute atomic E-state index is 0.334. The zero-order valence-corrected chi connectivity index (χ0v) is 9.26. The molecule has 15 heavy (non-hydrogen) atoms. The van der Waals surface area contributed by atoms with Gasteiger partial charge in [-0.3, -0.25) is 4.98 Å². The van der Waals surface area contributed by atoms with Crippen LogP contribution in [-0.2, 0) is 0 Å². The van der Waals surface area contributed by atoms with Gasteiger partial charge in [0.05, 0.1) is 11.9 Å². The average molecular weight is 205 g/mol. The van der Waals surface area contributed by atoms with E-state index in [1.165, 1.54) is 18.5 Å². The van der Waals surface area contributed by atoms with Crippen LogP contribution in [0.4, 0.5) is 5.69 Å². The Labute approximate surface area is 91.3 Å². The van der Waals surface area contributed by atoms with Gasteiger partial charge in [0.25, 0.3) is 0 Å². The molecule has 2 N–H and O–H groups in total. The van der Waals surface area contributed by atoms with Gasteiger partial charge in [0.15, 0.2) is 0 Å². The third-order valence-corrected chi connectivity index (χ3v) is 3.29. The van der Waals surface area contributed by atoms with Crippen molar-refractivity contribution in [3.63, 3.8) is 0 Å². The minimum atomic E-state index is 0.334. The molecule has 0 radical (unpaired) electrons. The summed E-state index contributed by atoms with van der Waals surface area (Å²) in [6, 6.07) is 4.45. The second-order valence-electron chi connectivity index (χ2n) is 4.39. The molecule has 2 heterocycles. The highest BCUT2D eigenvalue weighted by molar-refractivity contribution is 5.43. The maximum Gasteiger partial charge on any atom is 0.0552 e. The quantitative estimate of drug-likeness (QED) is 0.798. The van der Waals surface area contributed by atoms with Crippen molar-refractivity contribution in [2.24, 2.45) is 11.7 Å². The summed E-state index contributed by atoms with van der Waals surface area (Å²) in [5.74, 6) is 0.693. The van der Waals surface area contributed by atoms with Gasteiger partial charge in [-0.2, -0.15) is 0 Å². The largest absolute Gasteiger partial charge is 0.370 e. The molecule has 0 spiro atoms. The second-order valence-corrected chi connectivity index (χ2v) is 4.39. The van der Waals surface area contributed by atoms with Gasteiger partial charge in [-0.15, -0.1) is 0 Å². The average Bonchev–Trinajstić information content (AvgIpc) is 2.30. The minimum Gasteiger partial charge on any atom is -0.370 e. The number of rotatable bonds is 2. The van der Waals surface area contributed by atoms with E-state index in [4.69, 9.17) is 5.73 Å². The van der Waals surface area contributed by atoms with E-state index in [0.717, 1.165) is 13.1 Å². The van der Waals surface area contributed by atoms with Crippen LogP contribution in [0.2, 0.25) is 0 Å². The topological polar surface area (TPSA) is 42.1 Å². The normalized spacial score (nSPS) is 20.3. The van der Waals surface area contributed by atoms with Crippen molar-refractivity contribution in [2.75, 3.05) is 18.0 Å². The lowest BCUT2D eigenvalue weighted by molar-refractivity contribution is 0.354. The smallest absolute Gasteiger partial charge is 0.0552 e. The molecule has 1 aliphatic rings. The molecule has 1 saturated heterocycles. The van der Waals surface area contributed by atoms with Gasteiger partial charge in [0.2, 0.25) is 0 Å². The van der Waals surface area contributed by atoms with E-state index in [1.807, 2.05) is 18.5 Å². The predicted octanol–water partition coefficient (Wildman–Crippen LogP) is 1.65. The fourth-order valence-electron chi connectivity index (χ4n) is 2.22. The Kier molecular flexibility index (Phi) is 3.21. The van der Waals surface area contributed by atoms with Crippen molar-refractivity contribution in [2.45, 2.75) is 25.8 Å². The van der Waals surface area contributed by atoms with Crippen LogP contribution in [0.5, 0.6) is 0 Å². The third-order valence-electron chi connectivity index (χ3n) is 3.29. The van der Waals surface area contributed by atoms with Gasteiger partial charge < -0.3 is 10.6 Å². The Morgan fingerprint density at radius 3 is 2.73 bits per heavy atom. The number of nitrogens with zero attached hydrogens (tertiary/aromatic N) is 2. The van der Waals surface area contributed by atoms with Crippen LogP contribution in [0.25, 0.3) is 0 Å². The van der Waals surface area contributed by atoms with Gasteiger partial charge in [0, 0.05) is 25.3 Å². The first-order valence-corrected chi connectivity index (χ1v) is 5.68. The van der Waals surface area contributed by atoms with Crippen molar-refractivity contribution < 1.29 is 0 Å². The number of hydrogen-bond donors (Lipinski definition) is 1. The van der Waals surface area contributed by atoms with Crippen LogP contribution in [0.15, 0.2) is 24.5 Å². The second kappa shape index (κ2) is 4.62. The molecule has 1 fully saturated rings. The third kappa shape index (κ3) is 2.48. The highest BCUT2D eigenvalue weighted by atomic mass is 15.1. The number of piperidine rings is 1.